The Hall–Kier alpha value is -3.64. The average molecular weight is 715 g/mol. The maximum atomic E-state index is 2.72. The third kappa shape index (κ3) is 6.58. The van der Waals surface area contributed by atoms with Gasteiger partial charge in [0.25, 0.3) is 0 Å². The predicted octanol–water partition coefficient (Wildman–Crippen LogP) is 16.5. The van der Waals surface area contributed by atoms with Crippen molar-refractivity contribution in [3.05, 3.63) is 106 Å². The van der Waals surface area contributed by atoms with E-state index < -0.39 is 0 Å². The van der Waals surface area contributed by atoms with Gasteiger partial charge in [0.05, 0.1) is 0 Å². The number of hydrogen-bond acceptors (Lipinski definition) is 0. The molecule has 0 fully saturated rings. The lowest BCUT2D eigenvalue weighted by molar-refractivity contribution is 0.536. The van der Waals surface area contributed by atoms with Gasteiger partial charge in [-0.15, -0.1) is 0 Å². The highest BCUT2D eigenvalue weighted by Gasteiger charge is 2.43. The second-order valence-corrected chi connectivity index (χ2v) is 18.1. The predicted molar refractivity (Wildman–Crippen MR) is 238 cm³/mol. The van der Waals surface area contributed by atoms with Crippen LogP contribution in [0.1, 0.15) is 166 Å². The zero-order valence-electron chi connectivity index (χ0n) is 34.8. The fraction of sp³-hybridized carbons (Fsp3) is 0.481. The van der Waals surface area contributed by atoms with Crippen LogP contribution in [0.5, 0.6) is 0 Å². The van der Waals surface area contributed by atoms with Gasteiger partial charge in [0.15, 0.2) is 0 Å². The molecule has 8 rings (SSSR count). The molecule has 0 N–H and O–H groups in total. The van der Waals surface area contributed by atoms with Gasteiger partial charge < -0.3 is 0 Å². The fourth-order valence-corrected chi connectivity index (χ4v) is 11.2. The van der Waals surface area contributed by atoms with Crippen LogP contribution in [-0.2, 0) is 12.8 Å². The molecule has 0 aliphatic heterocycles. The summed E-state index contributed by atoms with van der Waals surface area (Å²) in [4.78, 5) is 0. The maximum Gasteiger partial charge on any atom is 0.0200 e. The molecule has 0 amide bonds. The van der Waals surface area contributed by atoms with E-state index in [1.807, 2.05) is 0 Å². The highest BCUT2D eigenvalue weighted by Crippen LogP contribution is 2.61. The van der Waals surface area contributed by atoms with E-state index >= 15 is 0 Å². The molecule has 3 atom stereocenters. The van der Waals surface area contributed by atoms with Gasteiger partial charge in [-0.3, -0.25) is 0 Å². The van der Waals surface area contributed by atoms with Crippen molar-refractivity contribution in [1.82, 2.24) is 0 Å². The number of aryl methyl sites for hydroxylation is 1. The molecular formula is C54H66. The van der Waals surface area contributed by atoms with E-state index in [0.717, 1.165) is 6.42 Å². The summed E-state index contributed by atoms with van der Waals surface area (Å²) in [5.74, 6) is 2.06. The lowest BCUT2D eigenvalue weighted by Crippen LogP contribution is -2.16. The van der Waals surface area contributed by atoms with Crippen molar-refractivity contribution < 1.29 is 0 Å². The van der Waals surface area contributed by atoms with Crippen LogP contribution in [0, 0.1) is 17.8 Å². The van der Waals surface area contributed by atoms with Gasteiger partial charge in [-0.2, -0.15) is 0 Å². The molecule has 0 bridgehead atoms. The SMILES string of the molecule is CCCCCCCCc1c2c(c(C(CC)CCCCCCC)c3cc4c5c(cc(CC(C)C)cc5c13)-c1ccccc1-4)C1=CC(C)=CC3C=C(C)C=C2C13. The summed E-state index contributed by atoms with van der Waals surface area (Å²) in [7, 11) is 0. The Bertz CT molecular complexity index is 2190. The highest BCUT2D eigenvalue weighted by molar-refractivity contribution is 6.26. The quantitative estimate of drug-likeness (QED) is 0.0664. The summed E-state index contributed by atoms with van der Waals surface area (Å²) in [5.41, 5.74) is 20.1. The first-order chi connectivity index (χ1) is 26.3. The summed E-state index contributed by atoms with van der Waals surface area (Å²) in [5, 5.41) is 6.23. The number of rotatable bonds is 17. The van der Waals surface area contributed by atoms with Crippen LogP contribution < -0.4 is 0 Å². The van der Waals surface area contributed by atoms with E-state index in [1.165, 1.54) is 140 Å². The number of hydrogen-bond donors (Lipinski definition) is 0. The molecule has 54 heavy (non-hydrogen) atoms. The molecular weight excluding hydrogens is 649 g/mol. The molecule has 3 unspecified atom stereocenters. The second kappa shape index (κ2) is 15.8. The van der Waals surface area contributed by atoms with Gasteiger partial charge >= 0.3 is 0 Å². The Balaban J connectivity index is 1.47. The highest BCUT2D eigenvalue weighted by atomic mass is 14.5. The van der Waals surface area contributed by atoms with Gasteiger partial charge in [-0.25, -0.2) is 0 Å². The van der Waals surface area contributed by atoms with E-state index in [1.54, 1.807) is 44.2 Å². The van der Waals surface area contributed by atoms with Crippen molar-refractivity contribution >= 4 is 32.7 Å². The number of allylic oxidation sites excluding steroid dienone is 8. The van der Waals surface area contributed by atoms with Crippen LogP contribution in [0.15, 0.2) is 77.9 Å². The van der Waals surface area contributed by atoms with Crippen molar-refractivity contribution in [1.29, 1.82) is 0 Å². The Morgan fingerprint density at radius 2 is 1.22 bits per heavy atom. The van der Waals surface area contributed by atoms with E-state index in [9.17, 15) is 0 Å². The van der Waals surface area contributed by atoms with Crippen molar-refractivity contribution in [2.75, 3.05) is 0 Å². The van der Waals surface area contributed by atoms with Crippen LogP contribution in [0.3, 0.4) is 0 Å². The Morgan fingerprint density at radius 3 is 1.87 bits per heavy atom. The zero-order valence-corrected chi connectivity index (χ0v) is 34.8. The van der Waals surface area contributed by atoms with Crippen LogP contribution in [0.4, 0.5) is 0 Å². The van der Waals surface area contributed by atoms with Crippen LogP contribution in [-0.4, -0.2) is 0 Å². The van der Waals surface area contributed by atoms with Crippen LogP contribution >= 0.6 is 0 Å². The van der Waals surface area contributed by atoms with Crippen LogP contribution in [0.2, 0.25) is 0 Å². The molecule has 0 aromatic heterocycles. The monoisotopic (exact) mass is 715 g/mol. The summed E-state index contributed by atoms with van der Waals surface area (Å²) in [6.45, 7) is 16.7. The number of fused-ring (bicyclic) bond motifs is 8. The molecule has 0 heterocycles. The molecule has 0 spiro atoms. The zero-order chi connectivity index (χ0) is 37.5. The lowest BCUT2D eigenvalue weighted by atomic mass is 9.74. The van der Waals surface area contributed by atoms with Gasteiger partial charge in [-0.1, -0.05) is 171 Å². The van der Waals surface area contributed by atoms with Crippen molar-refractivity contribution in [2.45, 2.75) is 151 Å². The summed E-state index contributed by atoms with van der Waals surface area (Å²) in [6, 6.07) is 17.3. The normalized spacial score (nSPS) is 18.4. The summed E-state index contributed by atoms with van der Waals surface area (Å²) >= 11 is 0. The van der Waals surface area contributed by atoms with E-state index in [2.05, 4.69) is 115 Å². The van der Waals surface area contributed by atoms with Gasteiger partial charge in [-0.05, 0) is 147 Å². The summed E-state index contributed by atoms with van der Waals surface area (Å²) in [6.07, 6.45) is 29.8. The van der Waals surface area contributed by atoms with E-state index in [4.69, 9.17) is 0 Å². The van der Waals surface area contributed by atoms with Crippen molar-refractivity contribution in [3.8, 4) is 22.3 Å². The second-order valence-electron chi connectivity index (χ2n) is 18.1. The molecule has 4 aliphatic rings. The van der Waals surface area contributed by atoms with E-state index in [-0.39, 0.29) is 0 Å². The molecule has 0 radical (unpaired) electrons. The number of benzene rings is 4. The minimum atomic E-state index is 0.444. The first kappa shape index (κ1) is 37.3. The minimum Gasteiger partial charge on any atom is -0.0737 e. The van der Waals surface area contributed by atoms with E-state index in [0.29, 0.717) is 23.7 Å². The minimum absolute atomic E-state index is 0.444. The summed E-state index contributed by atoms with van der Waals surface area (Å²) < 4.78 is 0. The molecule has 4 aromatic rings. The standard InChI is InChI=1S/C54H66/c1-8-11-13-15-17-19-25-42-51-47-32-37(26-34(4)5)31-43-40-23-20-21-24-41(40)44(52(43)47)33-48(51)50(38(10-3)22-18-16-14-12-9-2)54-46-30-36(7)28-39-27-35(6)29-45(49(39)46)53(42)54/h20-21,23-24,27-34,38-39,49H,8-19,22,25-26H2,1-7H3. The smallest absolute Gasteiger partial charge is 0.0200 e. The lowest BCUT2D eigenvalue weighted by Gasteiger charge is -2.29. The number of unbranched alkanes of at least 4 members (excludes halogenated alkanes) is 9. The molecule has 0 nitrogen and oxygen atoms in total. The topological polar surface area (TPSA) is 0 Å². The van der Waals surface area contributed by atoms with Crippen LogP contribution in [0.25, 0.3) is 54.9 Å². The van der Waals surface area contributed by atoms with Gasteiger partial charge in [0, 0.05) is 11.8 Å². The first-order valence-electron chi connectivity index (χ1n) is 22.4. The third-order valence-corrected chi connectivity index (χ3v) is 13.5. The largest absolute Gasteiger partial charge is 0.0737 e. The molecule has 282 valence electrons. The molecule has 4 aliphatic carbocycles. The Kier molecular flexibility index (Phi) is 10.9. The van der Waals surface area contributed by atoms with Gasteiger partial charge in [0.2, 0.25) is 0 Å². The molecule has 0 heteroatoms. The molecule has 4 aromatic carbocycles. The Labute approximate surface area is 327 Å². The third-order valence-electron chi connectivity index (χ3n) is 13.5. The Morgan fingerprint density at radius 1 is 0.611 bits per heavy atom. The first-order valence-corrected chi connectivity index (χ1v) is 22.4. The van der Waals surface area contributed by atoms with Gasteiger partial charge in [0.1, 0.15) is 0 Å². The average Bonchev–Trinajstić information content (AvgIpc) is 3.64. The maximum absolute atomic E-state index is 2.72. The molecule has 0 saturated carbocycles. The fourth-order valence-electron chi connectivity index (χ4n) is 11.2. The molecule has 0 saturated heterocycles. The van der Waals surface area contributed by atoms with Crippen molar-refractivity contribution in [3.63, 3.8) is 0 Å². The van der Waals surface area contributed by atoms with Crippen molar-refractivity contribution in [2.24, 2.45) is 17.8 Å².